The van der Waals surface area contributed by atoms with Gasteiger partial charge < -0.3 is 15.2 Å². The van der Waals surface area contributed by atoms with Crippen LogP contribution in [0.3, 0.4) is 0 Å². The molecule has 3 heteroatoms. The predicted molar refractivity (Wildman–Crippen MR) is 50.1 cm³/mol. The molecule has 0 saturated carbocycles. The molecule has 0 spiro atoms. The van der Waals surface area contributed by atoms with Crippen molar-refractivity contribution in [3.63, 3.8) is 0 Å². The molecule has 0 radical (unpaired) electrons. The lowest BCUT2D eigenvalue weighted by molar-refractivity contribution is 0.0347. The second-order valence-corrected chi connectivity index (χ2v) is 3.52. The highest BCUT2D eigenvalue weighted by Crippen LogP contribution is 1.91. The number of hydrogen-bond donors (Lipinski definition) is 1. The second-order valence-electron chi connectivity index (χ2n) is 3.52. The molecular weight excluding hydrogens is 154 g/mol. The van der Waals surface area contributed by atoms with E-state index in [1.54, 1.807) is 0 Å². The number of rotatable bonds is 7. The van der Waals surface area contributed by atoms with Crippen molar-refractivity contribution >= 4 is 0 Å². The summed E-state index contributed by atoms with van der Waals surface area (Å²) in [5, 5.41) is 0. The van der Waals surface area contributed by atoms with E-state index in [4.69, 9.17) is 15.2 Å². The van der Waals surface area contributed by atoms with Crippen LogP contribution in [0.2, 0.25) is 0 Å². The molecule has 0 rings (SSSR count). The van der Waals surface area contributed by atoms with Gasteiger partial charge in [0.1, 0.15) is 0 Å². The van der Waals surface area contributed by atoms with E-state index in [0.717, 1.165) is 6.61 Å². The van der Waals surface area contributed by atoms with Gasteiger partial charge in [-0.15, -0.1) is 0 Å². The number of hydrogen-bond acceptors (Lipinski definition) is 3. The van der Waals surface area contributed by atoms with Crippen molar-refractivity contribution in [2.45, 2.75) is 26.8 Å². The highest BCUT2D eigenvalue weighted by Gasteiger charge is 1.95. The zero-order chi connectivity index (χ0) is 9.40. The predicted octanol–water partition coefficient (Wildman–Crippen LogP) is 1.02. The lowest BCUT2D eigenvalue weighted by atomic mass is 10.2. The fraction of sp³-hybridized carbons (Fsp3) is 1.00. The standard InChI is InChI=1S/C9H21NO2/c1-8(2)6-11-4-5-12-7-9(3)10/h8-9H,4-7,10H2,1-3H3. The highest BCUT2D eigenvalue weighted by atomic mass is 16.5. The zero-order valence-corrected chi connectivity index (χ0v) is 8.38. The molecule has 0 aromatic heterocycles. The Morgan fingerprint density at radius 2 is 1.50 bits per heavy atom. The minimum atomic E-state index is 0.120. The summed E-state index contributed by atoms with van der Waals surface area (Å²) in [6, 6.07) is 0.120. The third-order valence-corrected chi connectivity index (χ3v) is 1.20. The maximum atomic E-state index is 5.49. The summed E-state index contributed by atoms with van der Waals surface area (Å²) in [6.45, 7) is 8.92. The minimum Gasteiger partial charge on any atom is -0.379 e. The van der Waals surface area contributed by atoms with E-state index in [9.17, 15) is 0 Å². The van der Waals surface area contributed by atoms with Gasteiger partial charge in [0, 0.05) is 12.6 Å². The first kappa shape index (κ1) is 11.9. The molecule has 1 atom stereocenters. The summed E-state index contributed by atoms with van der Waals surface area (Å²) in [6.07, 6.45) is 0. The van der Waals surface area contributed by atoms with Gasteiger partial charge in [0.05, 0.1) is 19.8 Å². The van der Waals surface area contributed by atoms with Gasteiger partial charge in [-0.2, -0.15) is 0 Å². The van der Waals surface area contributed by atoms with Gasteiger partial charge in [0.25, 0.3) is 0 Å². The summed E-state index contributed by atoms with van der Waals surface area (Å²) < 4.78 is 10.5. The molecule has 0 aliphatic heterocycles. The minimum absolute atomic E-state index is 0.120. The molecule has 0 aromatic carbocycles. The van der Waals surface area contributed by atoms with Gasteiger partial charge in [-0.05, 0) is 12.8 Å². The molecule has 3 nitrogen and oxygen atoms in total. The Balaban J connectivity index is 2.91. The van der Waals surface area contributed by atoms with Gasteiger partial charge >= 0.3 is 0 Å². The highest BCUT2D eigenvalue weighted by molar-refractivity contribution is 4.48. The van der Waals surface area contributed by atoms with Crippen LogP contribution in [0.4, 0.5) is 0 Å². The SMILES string of the molecule is CC(C)COCCOCC(C)N. The molecular formula is C9H21NO2. The Hall–Kier alpha value is -0.120. The quantitative estimate of drug-likeness (QED) is 0.588. The molecule has 74 valence electrons. The van der Waals surface area contributed by atoms with Crippen LogP contribution in [0, 0.1) is 5.92 Å². The van der Waals surface area contributed by atoms with Crippen molar-refractivity contribution in [3.05, 3.63) is 0 Å². The Morgan fingerprint density at radius 1 is 1.00 bits per heavy atom. The average Bonchev–Trinajstić information content (AvgIpc) is 1.95. The Morgan fingerprint density at radius 3 is 1.92 bits per heavy atom. The van der Waals surface area contributed by atoms with Gasteiger partial charge in [0.2, 0.25) is 0 Å². The summed E-state index contributed by atoms with van der Waals surface area (Å²) in [5.41, 5.74) is 5.49. The number of nitrogens with two attached hydrogens (primary N) is 1. The maximum Gasteiger partial charge on any atom is 0.0701 e. The van der Waals surface area contributed by atoms with Gasteiger partial charge in [0.15, 0.2) is 0 Å². The summed E-state index contributed by atoms with van der Waals surface area (Å²) >= 11 is 0. The van der Waals surface area contributed by atoms with E-state index >= 15 is 0 Å². The van der Waals surface area contributed by atoms with Gasteiger partial charge in [-0.1, -0.05) is 13.8 Å². The normalized spacial score (nSPS) is 13.8. The Bertz CT molecular complexity index is 82.5. The molecule has 1 unspecified atom stereocenters. The van der Waals surface area contributed by atoms with E-state index in [-0.39, 0.29) is 6.04 Å². The van der Waals surface area contributed by atoms with Crippen LogP contribution in [0.1, 0.15) is 20.8 Å². The van der Waals surface area contributed by atoms with Crippen molar-refractivity contribution < 1.29 is 9.47 Å². The monoisotopic (exact) mass is 175 g/mol. The molecule has 0 saturated heterocycles. The van der Waals surface area contributed by atoms with Crippen molar-refractivity contribution in [2.75, 3.05) is 26.4 Å². The molecule has 0 bridgehead atoms. The summed E-state index contributed by atoms with van der Waals surface area (Å²) in [7, 11) is 0. The molecule has 0 aliphatic rings. The van der Waals surface area contributed by atoms with Crippen LogP contribution in [-0.4, -0.2) is 32.5 Å². The van der Waals surface area contributed by atoms with E-state index in [0.29, 0.717) is 25.7 Å². The fourth-order valence-corrected chi connectivity index (χ4v) is 0.706. The molecule has 2 N–H and O–H groups in total. The Kier molecular flexibility index (Phi) is 7.45. The fourth-order valence-electron chi connectivity index (χ4n) is 0.706. The second kappa shape index (κ2) is 7.53. The third-order valence-electron chi connectivity index (χ3n) is 1.20. The topological polar surface area (TPSA) is 44.5 Å². The van der Waals surface area contributed by atoms with E-state index in [1.807, 2.05) is 6.92 Å². The lowest BCUT2D eigenvalue weighted by Gasteiger charge is -2.08. The first-order valence-electron chi connectivity index (χ1n) is 4.54. The molecule has 0 amide bonds. The van der Waals surface area contributed by atoms with Gasteiger partial charge in [-0.3, -0.25) is 0 Å². The largest absolute Gasteiger partial charge is 0.379 e. The van der Waals surface area contributed by atoms with Crippen LogP contribution in [0.15, 0.2) is 0 Å². The summed E-state index contributed by atoms with van der Waals surface area (Å²) in [4.78, 5) is 0. The van der Waals surface area contributed by atoms with Crippen LogP contribution >= 0.6 is 0 Å². The first-order chi connectivity index (χ1) is 5.63. The molecule has 0 heterocycles. The van der Waals surface area contributed by atoms with Crippen LogP contribution < -0.4 is 5.73 Å². The molecule has 0 fully saturated rings. The van der Waals surface area contributed by atoms with E-state index < -0.39 is 0 Å². The lowest BCUT2D eigenvalue weighted by Crippen LogP contribution is -2.23. The van der Waals surface area contributed by atoms with Crippen molar-refractivity contribution in [1.29, 1.82) is 0 Å². The first-order valence-corrected chi connectivity index (χ1v) is 4.54. The summed E-state index contributed by atoms with van der Waals surface area (Å²) in [5.74, 6) is 0.596. The zero-order valence-electron chi connectivity index (χ0n) is 8.38. The van der Waals surface area contributed by atoms with Crippen LogP contribution in [0.5, 0.6) is 0 Å². The maximum absolute atomic E-state index is 5.49. The molecule has 0 aliphatic carbocycles. The van der Waals surface area contributed by atoms with Crippen LogP contribution in [0.25, 0.3) is 0 Å². The Labute approximate surface area is 75.2 Å². The third kappa shape index (κ3) is 9.88. The van der Waals surface area contributed by atoms with E-state index in [1.165, 1.54) is 0 Å². The van der Waals surface area contributed by atoms with Crippen LogP contribution in [-0.2, 0) is 9.47 Å². The molecule has 12 heavy (non-hydrogen) atoms. The van der Waals surface area contributed by atoms with Crippen molar-refractivity contribution in [1.82, 2.24) is 0 Å². The smallest absolute Gasteiger partial charge is 0.0701 e. The number of ether oxygens (including phenoxy) is 2. The van der Waals surface area contributed by atoms with Crippen molar-refractivity contribution in [2.24, 2.45) is 11.7 Å². The van der Waals surface area contributed by atoms with Gasteiger partial charge in [-0.25, -0.2) is 0 Å². The molecule has 0 aromatic rings. The average molecular weight is 175 g/mol. The van der Waals surface area contributed by atoms with Crippen molar-refractivity contribution in [3.8, 4) is 0 Å². The van der Waals surface area contributed by atoms with E-state index in [2.05, 4.69) is 13.8 Å².